The number of aryl methyl sites for hydroxylation is 2. The van der Waals surface area contributed by atoms with E-state index in [2.05, 4.69) is 65.3 Å². The molecule has 3 aromatic rings. The molecule has 0 bridgehead atoms. The zero-order chi connectivity index (χ0) is 33.6. The highest BCUT2D eigenvalue weighted by molar-refractivity contribution is 6.33. The van der Waals surface area contributed by atoms with E-state index in [1.807, 2.05) is 36.2 Å². The Balaban J connectivity index is 1.47. The molecule has 1 saturated heterocycles. The molecule has 3 amide bonds. The number of methoxy groups -OCH3 is 1. The second-order valence-electron chi connectivity index (χ2n) is 11.8. The van der Waals surface area contributed by atoms with Crippen molar-refractivity contribution in [1.82, 2.24) is 20.9 Å². The van der Waals surface area contributed by atoms with Gasteiger partial charge in [-0.3, -0.25) is 0 Å². The molecule has 9 nitrogen and oxygen atoms in total. The normalized spacial score (nSPS) is 15.9. The highest BCUT2D eigenvalue weighted by Gasteiger charge is 2.33. The number of nitrogens with zero attached hydrogens (tertiary/aromatic N) is 1. The third-order valence-corrected chi connectivity index (χ3v) is 9.13. The van der Waals surface area contributed by atoms with Gasteiger partial charge in [-0.05, 0) is 79.6 Å². The van der Waals surface area contributed by atoms with E-state index in [0.29, 0.717) is 24.7 Å². The summed E-state index contributed by atoms with van der Waals surface area (Å²) in [6, 6.07) is 22.5. The van der Waals surface area contributed by atoms with Gasteiger partial charge in [-0.2, -0.15) is 0 Å². The van der Waals surface area contributed by atoms with Gasteiger partial charge in [0, 0.05) is 49.2 Å². The molecule has 1 fully saturated rings. The van der Waals surface area contributed by atoms with Crippen LogP contribution in [0.15, 0.2) is 66.7 Å². The molecule has 0 unspecified atom stereocenters. The number of piperidine rings is 1. The minimum atomic E-state index is -0.505. The standard InChI is InChI=1S/C37H49ClN4O5/c1-5-26-9-6-10-28(23-26)34-32(12-7-13-33(34)38)35(46-21-22-47-37(44)40-3)29-11-8-20-42(25-29)36(43)41-24-30(39-2)17-14-27-15-18-31(45-4)19-16-27/h6-7,9-10,12-13,15-16,18-19,23,29-30,35,39H,5,8,11,14,17,20-22,24-25H2,1-4H3,(H,40,44)(H,41,43)/t29-,30+,35-/m1/s1. The summed E-state index contributed by atoms with van der Waals surface area (Å²) in [7, 11) is 5.12. The number of likely N-dealkylation sites (tertiary alicyclic amines) is 1. The molecule has 1 aliphatic heterocycles. The number of hydrogen-bond acceptors (Lipinski definition) is 6. The van der Waals surface area contributed by atoms with Crippen molar-refractivity contribution in [1.29, 1.82) is 0 Å². The van der Waals surface area contributed by atoms with E-state index in [4.69, 9.17) is 25.8 Å². The van der Waals surface area contributed by atoms with Crippen LogP contribution in [0.2, 0.25) is 5.02 Å². The number of nitrogens with one attached hydrogen (secondary N) is 3. The molecule has 1 heterocycles. The van der Waals surface area contributed by atoms with E-state index in [1.165, 1.54) is 18.2 Å². The largest absolute Gasteiger partial charge is 0.497 e. The Bertz CT molecular complexity index is 1440. The smallest absolute Gasteiger partial charge is 0.406 e. The number of likely N-dealkylation sites (N-methyl/N-ethyl adjacent to an activating group) is 1. The van der Waals surface area contributed by atoms with Crippen LogP contribution in [0, 0.1) is 5.92 Å². The molecule has 3 atom stereocenters. The first-order valence-corrected chi connectivity index (χ1v) is 16.9. The van der Waals surface area contributed by atoms with E-state index >= 15 is 0 Å². The molecule has 0 aliphatic carbocycles. The lowest BCUT2D eigenvalue weighted by Crippen LogP contribution is -2.49. The number of carbonyl (C=O) groups excluding carboxylic acids is 2. The van der Waals surface area contributed by atoms with Crippen LogP contribution in [0.3, 0.4) is 0 Å². The summed E-state index contributed by atoms with van der Waals surface area (Å²) in [5.74, 6) is 0.851. The maximum absolute atomic E-state index is 13.5. The van der Waals surface area contributed by atoms with Crippen LogP contribution in [0.1, 0.15) is 49.0 Å². The lowest BCUT2D eigenvalue weighted by molar-refractivity contribution is -0.0259. The molecule has 1 aliphatic rings. The third-order valence-electron chi connectivity index (χ3n) is 8.82. The van der Waals surface area contributed by atoms with Gasteiger partial charge in [0.1, 0.15) is 12.4 Å². The average molecular weight is 665 g/mol. The minimum Gasteiger partial charge on any atom is -0.497 e. The number of hydrogen-bond donors (Lipinski definition) is 3. The van der Waals surface area contributed by atoms with Gasteiger partial charge in [0.15, 0.2) is 0 Å². The highest BCUT2D eigenvalue weighted by Crippen LogP contribution is 2.41. The van der Waals surface area contributed by atoms with Crippen molar-refractivity contribution in [2.75, 3.05) is 54.1 Å². The van der Waals surface area contributed by atoms with Crippen LogP contribution in [-0.4, -0.2) is 77.1 Å². The van der Waals surface area contributed by atoms with E-state index < -0.39 is 6.09 Å². The van der Waals surface area contributed by atoms with Gasteiger partial charge in [-0.15, -0.1) is 0 Å². The number of benzene rings is 3. The molecular weight excluding hydrogens is 616 g/mol. The first-order chi connectivity index (χ1) is 22.9. The van der Waals surface area contributed by atoms with Gasteiger partial charge in [-0.1, -0.05) is 67.1 Å². The van der Waals surface area contributed by atoms with Gasteiger partial charge >= 0.3 is 12.1 Å². The van der Waals surface area contributed by atoms with Crippen LogP contribution >= 0.6 is 11.6 Å². The molecule has 0 spiro atoms. The minimum absolute atomic E-state index is 0.0104. The van der Waals surface area contributed by atoms with Crippen LogP contribution in [-0.2, 0) is 22.3 Å². The predicted molar refractivity (Wildman–Crippen MR) is 187 cm³/mol. The fourth-order valence-electron chi connectivity index (χ4n) is 6.14. The Morgan fingerprint density at radius 2 is 1.81 bits per heavy atom. The summed E-state index contributed by atoms with van der Waals surface area (Å²) < 4.78 is 17.0. The van der Waals surface area contributed by atoms with Crippen LogP contribution < -0.4 is 20.7 Å². The zero-order valence-corrected chi connectivity index (χ0v) is 28.8. The Kier molecular flexibility index (Phi) is 14.2. The number of amides is 3. The van der Waals surface area contributed by atoms with E-state index in [1.54, 1.807) is 7.11 Å². The zero-order valence-electron chi connectivity index (χ0n) is 28.0. The van der Waals surface area contributed by atoms with Gasteiger partial charge < -0.3 is 35.1 Å². The summed E-state index contributed by atoms with van der Waals surface area (Å²) in [4.78, 5) is 27.1. The lowest BCUT2D eigenvalue weighted by Gasteiger charge is -2.38. The molecule has 254 valence electrons. The van der Waals surface area contributed by atoms with E-state index in [-0.39, 0.29) is 37.3 Å². The SMILES string of the molecule is CCc1cccc(-c2c(Cl)cccc2[C@H](OCCOC(=O)NC)[C@@H]2CCCN(C(=O)NC[C@H](CCc3ccc(OC)cc3)NC)C2)c1. The summed E-state index contributed by atoms with van der Waals surface area (Å²) in [6.07, 6.45) is 3.54. The second-order valence-corrected chi connectivity index (χ2v) is 12.2. The maximum atomic E-state index is 13.5. The summed E-state index contributed by atoms with van der Waals surface area (Å²) in [6.45, 7) is 4.17. The number of carbonyl (C=O) groups is 2. The number of ether oxygens (including phenoxy) is 3. The fraction of sp³-hybridized carbons (Fsp3) is 0.459. The van der Waals surface area contributed by atoms with Crippen molar-refractivity contribution in [2.24, 2.45) is 5.92 Å². The van der Waals surface area contributed by atoms with Crippen LogP contribution in [0.5, 0.6) is 5.75 Å². The monoisotopic (exact) mass is 664 g/mol. The van der Waals surface area contributed by atoms with E-state index in [0.717, 1.165) is 54.5 Å². The second kappa shape index (κ2) is 18.5. The van der Waals surface area contributed by atoms with Gasteiger partial charge in [0.05, 0.1) is 19.8 Å². The number of alkyl carbamates (subject to hydrolysis) is 1. The molecule has 0 aromatic heterocycles. The van der Waals surface area contributed by atoms with Crippen molar-refractivity contribution >= 4 is 23.7 Å². The molecule has 4 rings (SSSR count). The number of urea groups is 1. The summed E-state index contributed by atoms with van der Waals surface area (Å²) >= 11 is 6.89. The fourth-order valence-corrected chi connectivity index (χ4v) is 6.43. The maximum Gasteiger partial charge on any atom is 0.406 e. The number of rotatable bonds is 15. The number of halogens is 1. The first kappa shape index (κ1) is 36.1. The average Bonchev–Trinajstić information content (AvgIpc) is 3.11. The van der Waals surface area contributed by atoms with Crippen molar-refractivity contribution in [2.45, 2.75) is 51.2 Å². The Labute approximate surface area is 284 Å². The van der Waals surface area contributed by atoms with Crippen LogP contribution in [0.25, 0.3) is 11.1 Å². The molecule has 10 heteroatoms. The van der Waals surface area contributed by atoms with Gasteiger partial charge in [-0.25, -0.2) is 9.59 Å². The summed E-state index contributed by atoms with van der Waals surface area (Å²) in [5.41, 5.74) is 5.36. The third kappa shape index (κ3) is 10.3. The predicted octanol–water partition coefficient (Wildman–Crippen LogP) is 6.63. The molecule has 0 saturated carbocycles. The van der Waals surface area contributed by atoms with Crippen molar-refractivity contribution in [3.63, 3.8) is 0 Å². The molecule has 47 heavy (non-hydrogen) atoms. The molecule has 0 radical (unpaired) electrons. The van der Waals surface area contributed by atoms with Crippen molar-refractivity contribution < 1.29 is 23.8 Å². The molecule has 3 N–H and O–H groups in total. The Morgan fingerprint density at radius 3 is 2.53 bits per heavy atom. The van der Waals surface area contributed by atoms with Crippen molar-refractivity contribution in [3.05, 3.63) is 88.4 Å². The Morgan fingerprint density at radius 1 is 1.02 bits per heavy atom. The van der Waals surface area contributed by atoms with Gasteiger partial charge in [0.25, 0.3) is 0 Å². The first-order valence-electron chi connectivity index (χ1n) is 16.5. The molecular formula is C37H49ClN4O5. The highest BCUT2D eigenvalue weighted by atomic mass is 35.5. The quantitative estimate of drug-likeness (QED) is 0.158. The molecule has 3 aromatic carbocycles. The lowest BCUT2D eigenvalue weighted by atomic mass is 9.84. The van der Waals surface area contributed by atoms with Crippen LogP contribution in [0.4, 0.5) is 9.59 Å². The van der Waals surface area contributed by atoms with Crippen molar-refractivity contribution in [3.8, 4) is 16.9 Å². The summed E-state index contributed by atoms with van der Waals surface area (Å²) in [5, 5.41) is 9.62. The van der Waals surface area contributed by atoms with E-state index in [9.17, 15) is 9.59 Å². The topological polar surface area (TPSA) is 101 Å². The Hall–Kier alpha value is -3.79. The van der Waals surface area contributed by atoms with Gasteiger partial charge in [0.2, 0.25) is 0 Å².